The largest absolute Gasteiger partial charge is 1.00 e. The molecule has 0 saturated carbocycles. The summed E-state index contributed by atoms with van der Waals surface area (Å²) >= 11 is 0. The van der Waals surface area contributed by atoms with Gasteiger partial charge in [-0.05, 0) is 18.2 Å². The molecule has 0 bridgehead atoms. The second kappa shape index (κ2) is 6.60. The van der Waals surface area contributed by atoms with Gasteiger partial charge >= 0.3 is 51.4 Å². The monoisotopic (exact) mass is 278 g/mol. The van der Waals surface area contributed by atoms with Crippen molar-refractivity contribution in [2.75, 3.05) is 4.90 Å². The third kappa shape index (κ3) is 4.48. The van der Waals surface area contributed by atoms with Gasteiger partial charge in [0.25, 0.3) is 0 Å². The number of amides is 1. The zero-order chi connectivity index (χ0) is 12.3. The van der Waals surface area contributed by atoms with Gasteiger partial charge in [-0.2, -0.15) is 5.26 Å². The molecule has 0 fully saturated rings. The summed E-state index contributed by atoms with van der Waals surface area (Å²) in [6.45, 7) is 1.15. The SMILES string of the molecule is CC(=O)N(C#N)c1cccc(S(=O)(=O)[O-])c1.[K+]. The minimum absolute atomic E-state index is 0. The maximum absolute atomic E-state index is 11.0. The van der Waals surface area contributed by atoms with Gasteiger partial charge < -0.3 is 4.55 Å². The van der Waals surface area contributed by atoms with Crippen molar-refractivity contribution in [3.63, 3.8) is 0 Å². The zero-order valence-corrected chi connectivity index (χ0v) is 13.2. The molecule has 17 heavy (non-hydrogen) atoms. The smallest absolute Gasteiger partial charge is 0.744 e. The van der Waals surface area contributed by atoms with E-state index in [1.165, 1.54) is 12.1 Å². The number of rotatable bonds is 2. The molecule has 1 aromatic carbocycles. The molecule has 0 aromatic heterocycles. The Morgan fingerprint density at radius 1 is 1.47 bits per heavy atom. The van der Waals surface area contributed by atoms with Gasteiger partial charge in [-0.25, -0.2) is 13.3 Å². The third-order valence-electron chi connectivity index (χ3n) is 1.78. The number of nitrogens with zero attached hydrogens (tertiary/aromatic N) is 2. The molecule has 1 aromatic rings. The molecular weight excluding hydrogens is 271 g/mol. The van der Waals surface area contributed by atoms with Gasteiger partial charge in [0, 0.05) is 6.92 Å². The molecule has 84 valence electrons. The van der Waals surface area contributed by atoms with Crippen molar-refractivity contribution in [3.8, 4) is 6.19 Å². The Hall–Kier alpha value is -0.274. The number of nitriles is 1. The van der Waals surface area contributed by atoms with Crippen LogP contribution in [0.5, 0.6) is 0 Å². The number of anilines is 1. The van der Waals surface area contributed by atoms with Crippen LogP contribution < -0.4 is 56.3 Å². The summed E-state index contributed by atoms with van der Waals surface area (Å²) in [6, 6.07) is 4.72. The molecule has 6 nitrogen and oxygen atoms in total. The Balaban J connectivity index is 0.00000256. The van der Waals surface area contributed by atoms with Crippen molar-refractivity contribution in [2.45, 2.75) is 11.8 Å². The van der Waals surface area contributed by atoms with Gasteiger partial charge in [0.2, 0.25) is 5.91 Å². The number of benzene rings is 1. The van der Waals surface area contributed by atoms with E-state index in [4.69, 9.17) is 5.26 Å². The van der Waals surface area contributed by atoms with E-state index in [2.05, 4.69) is 0 Å². The zero-order valence-electron chi connectivity index (χ0n) is 9.25. The fraction of sp³-hybridized carbons (Fsp3) is 0.111. The van der Waals surface area contributed by atoms with E-state index in [0.29, 0.717) is 4.90 Å². The summed E-state index contributed by atoms with van der Waals surface area (Å²) in [4.78, 5) is 11.2. The molecule has 0 aliphatic heterocycles. The molecule has 8 heteroatoms. The molecule has 0 aliphatic carbocycles. The summed E-state index contributed by atoms with van der Waals surface area (Å²) in [7, 11) is -4.59. The van der Waals surface area contributed by atoms with Crippen LogP contribution in [0.2, 0.25) is 0 Å². The van der Waals surface area contributed by atoms with Gasteiger partial charge in [0.05, 0.1) is 10.6 Å². The molecule has 0 atom stereocenters. The van der Waals surface area contributed by atoms with Gasteiger partial charge in [0.1, 0.15) is 10.1 Å². The fourth-order valence-corrected chi connectivity index (χ4v) is 1.60. The second-order valence-electron chi connectivity index (χ2n) is 2.91. The van der Waals surface area contributed by atoms with Crippen molar-refractivity contribution in [1.29, 1.82) is 5.26 Å². The van der Waals surface area contributed by atoms with E-state index < -0.39 is 20.9 Å². The van der Waals surface area contributed by atoms with Crippen molar-refractivity contribution >= 4 is 21.7 Å². The first-order chi connectivity index (χ1) is 7.36. The summed E-state index contributed by atoms with van der Waals surface area (Å²) in [5.41, 5.74) is 0.0481. The van der Waals surface area contributed by atoms with Gasteiger partial charge in [-0.3, -0.25) is 4.79 Å². The van der Waals surface area contributed by atoms with Crippen molar-refractivity contribution in [2.24, 2.45) is 0 Å². The van der Waals surface area contributed by atoms with E-state index >= 15 is 0 Å². The van der Waals surface area contributed by atoms with Crippen LogP contribution in [0.3, 0.4) is 0 Å². The normalized spacial score (nSPS) is 9.94. The Kier molecular flexibility index (Phi) is 6.50. The maximum atomic E-state index is 11.0. The van der Waals surface area contributed by atoms with Gasteiger partial charge in [-0.1, -0.05) is 6.07 Å². The first kappa shape index (κ1) is 16.7. The topological polar surface area (TPSA) is 101 Å². The molecule has 1 amide bonds. The molecule has 0 unspecified atom stereocenters. The van der Waals surface area contributed by atoms with Crippen molar-refractivity contribution in [1.82, 2.24) is 0 Å². The molecule has 0 radical (unpaired) electrons. The van der Waals surface area contributed by atoms with Crippen LogP contribution in [0.4, 0.5) is 5.69 Å². The first-order valence-corrected chi connectivity index (χ1v) is 5.53. The summed E-state index contributed by atoms with van der Waals surface area (Å²) in [6.07, 6.45) is 1.58. The quantitative estimate of drug-likeness (QED) is 0.256. The third-order valence-corrected chi connectivity index (χ3v) is 2.61. The van der Waals surface area contributed by atoms with E-state index in [9.17, 15) is 17.8 Å². The van der Waals surface area contributed by atoms with Crippen LogP contribution in [0.15, 0.2) is 29.2 Å². The van der Waals surface area contributed by atoms with Crippen LogP contribution in [0.1, 0.15) is 6.92 Å². The minimum Gasteiger partial charge on any atom is -0.744 e. The fourth-order valence-electron chi connectivity index (χ4n) is 1.09. The van der Waals surface area contributed by atoms with Crippen LogP contribution in [0, 0.1) is 11.5 Å². The summed E-state index contributed by atoms with van der Waals surface area (Å²) in [5.74, 6) is -0.567. The number of carbonyl (C=O) groups is 1. The molecular formula is C9H7KN2O4S. The van der Waals surface area contributed by atoms with E-state index in [1.807, 2.05) is 0 Å². The van der Waals surface area contributed by atoms with E-state index in [1.54, 1.807) is 6.19 Å². The Labute approximate surface area is 141 Å². The van der Waals surface area contributed by atoms with Gasteiger partial charge in [0.15, 0.2) is 6.19 Å². The van der Waals surface area contributed by atoms with E-state index in [0.717, 1.165) is 19.1 Å². The van der Waals surface area contributed by atoms with Crippen LogP contribution in [-0.4, -0.2) is 18.9 Å². The predicted molar refractivity (Wildman–Crippen MR) is 53.2 cm³/mol. The molecule has 0 aliphatic rings. The molecule has 0 saturated heterocycles. The van der Waals surface area contributed by atoms with Crippen LogP contribution in [0.25, 0.3) is 0 Å². The molecule has 1 rings (SSSR count). The molecule has 0 spiro atoms. The van der Waals surface area contributed by atoms with Crippen LogP contribution >= 0.6 is 0 Å². The maximum Gasteiger partial charge on any atom is 1.00 e. The van der Waals surface area contributed by atoms with Crippen molar-refractivity contribution < 1.29 is 69.1 Å². The molecule has 0 heterocycles. The molecule has 0 N–H and O–H groups in total. The predicted octanol–water partition coefficient (Wildman–Crippen LogP) is -2.57. The minimum atomic E-state index is -4.59. The summed E-state index contributed by atoms with van der Waals surface area (Å²) in [5, 5.41) is 8.67. The Morgan fingerprint density at radius 3 is 2.47 bits per heavy atom. The summed E-state index contributed by atoms with van der Waals surface area (Å²) < 4.78 is 32.2. The average molecular weight is 278 g/mol. The average Bonchev–Trinajstić information content (AvgIpc) is 2.17. The van der Waals surface area contributed by atoms with Crippen molar-refractivity contribution in [3.05, 3.63) is 24.3 Å². The number of hydrogen-bond donors (Lipinski definition) is 0. The second-order valence-corrected chi connectivity index (χ2v) is 4.29. The number of carbonyl (C=O) groups excluding carboxylic acids is 1. The van der Waals surface area contributed by atoms with E-state index in [-0.39, 0.29) is 57.1 Å². The Morgan fingerprint density at radius 2 is 2.06 bits per heavy atom. The van der Waals surface area contributed by atoms with Gasteiger partial charge in [-0.15, -0.1) is 0 Å². The number of hydrogen-bond acceptors (Lipinski definition) is 5. The first-order valence-electron chi connectivity index (χ1n) is 4.12. The van der Waals surface area contributed by atoms with Crippen LogP contribution in [-0.2, 0) is 14.9 Å². The Bertz CT molecular complexity index is 565. The standard InChI is InChI=1S/C9H8N2O4S.K/c1-7(12)11(6-10)8-3-2-4-9(5-8)16(13,14)15;/h2-5H,1H3,(H,13,14,15);/q;+1/p-1.